The molecule has 1 saturated carbocycles. The fourth-order valence-electron chi connectivity index (χ4n) is 3.36. The molecule has 0 saturated heterocycles. The Bertz CT molecular complexity index is 659. The molecule has 0 spiro atoms. The molecular formula is C18H25N3O2. The Kier molecular flexibility index (Phi) is 5.16. The van der Waals surface area contributed by atoms with Gasteiger partial charge < -0.3 is 9.72 Å². The lowest BCUT2D eigenvalue weighted by Crippen LogP contribution is -2.06. The number of benzene rings is 1. The Morgan fingerprint density at radius 1 is 1.35 bits per heavy atom. The summed E-state index contributed by atoms with van der Waals surface area (Å²) >= 11 is 0. The SMILES string of the molecule is CC(=O)Nc1nc2c(OCCCCC3CCCC3)cccc2[nH]1. The van der Waals surface area contributed by atoms with Gasteiger partial charge in [0.05, 0.1) is 12.1 Å². The Labute approximate surface area is 136 Å². The number of carbonyl (C=O) groups excluding carboxylic acids is 1. The first-order valence-electron chi connectivity index (χ1n) is 8.61. The third-order valence-corrected chi connectivity index (χ3v) is 4.51. The van der Waals surface area contributed by atoms with E-state index in [0.717, 1.165) is 29.1 Å². The van der Waals surface area contributed by atoms with Crippen molar-refractivity contribution in [3.8, 4) is 5.75 Å². The fourth-order valence-corrected chi connectivity index (χ4v) is 3.36. The number of fused-ring (bicyclic) bond motifs is 1. The van der Waals surface area contributed by atoms with Crippen molar-refractivity contribution < 1.29 is 9.53 Å². The first-order chi connectivity index (χ1) is 11.2. The van der Waals surface area contributed by atoms with Crippen LogP contribution in [0.3, 0.4) is 0 Å². The smallest absolute Gasteiger partial charge is 0.223 e. The number of anilines is 1. The van der Waals surface area contributed by atoms with Crippen LogP contribution in [0.25, 0.3) is 11.0 Å². The van der Waals surface area contributed by atoms with Crippen molar-refractivity contribution in [1.29, 1.82) is 0 Å². The molecule has 0 bridgehead atoms. The van der Waals surface area contributed by atoms with Crippen molar-refractivity contribution in [2.75, 3.05) is 11.9 Å². The molecule has 0 atom stereocenters. The molecule has 3 rings (SSSR count). The number of ether oxygens (including phenoxy) is 1. The van der Waals surface area contributed by atoms with Crippen LogP contribution in [0.2, 0.25) is 0 Å². The quantitative estimate of drug-likeness (QED) is 0.750. The van der Waals surface area contributed by atoms with Crippen LogP contribution in [0.1, 0.15) is 51.9 Å². The fraction of sp³-hybridized carbons (Fsp3) is 0.556. The van der Waals surface area contributed by atoms with Crippen molar-refractivity contribution in [2.45, 2.75) is 51.9 Å². The summed E-state index contributed by atoms with van der Waals surface area (Å²) in [5, 5.41) is 2.67. The number of aromatic amines is 1. The standard InChI is InChI=1S/C18H25N3O2/c1-13(22)19-18-20-15-10-6-11-16(17(15)21-18)23-12-5-4-9-14-7-2-3-8-14/h6,10-11,14H,2-5,7-9,12H2,1H3,(H2,19,20,21,22). The van der Waals surface area contributed by atoms with Gasteiger partial charge in [-0.25, -0.2) is 4.98 Å². The number of amides is 1. The van der Waals surface area contributed by atoms with Crippen LogP contribution in [-0.2, 0) is 4.79 Å². The number of nitrogens with zero attached hydrogens (tertiary/aromatic N) is 1. The number of hydrogen-bond donors (Lipinski definition) is 2. The maximum atomic E-state index is 11.1. The van der Waals surface area contributed by atoms with E-state index in [1.54, 1.807) is 0 Å². The number of nitrogens with one attached hydrogen (secondary N) is 2. The van der Waals surface area contributed by atoms with Crippen molar-refractivity contribution in [2.24, 2.45) is 5.92 Å². The minimum Gasteiger partial charge on any atom is -0.491 e. The summed E-state index contributed by atoms with van der Waals surface area (Å²) in [7, 11) is 0. The van der Waals surface area contributed by atoms with Crippen LogP contribution < -0.4 is 10.1 Å². The Morgan fingerprint density at radius 2 is 2.17 bits per heavy atom. The highest BCUT2D eigenvalue weighted by molar-refractivity contribution is 5.90. The normalized spacial score (nSPS) is 15.2. The van der Waals surface area contributed by atoms with Crippen LogP contribution in [0, 0.1) is 5.92 Å². The van der Waals surface area contributed by atoms with Gasteiger partial charge in [0.2, 0.25) is 11.9 Å². The molecule has 2 N–H and O–H groups in total. The maximum absolute atomic E-state index is 11.1. The van der Waals surface area contributed by atoms with Gasteiger partial charge in [0, 0.05) is 6.92 Å². The summed E-state index contributed by atoms with van der Waals surface area (Å²) in [5.41, 5.74) is 1.64. The van der Waals surface area contributed by atoms with Crippen molar-refractivity contribution in [3.63, 3.8) is 0 Å². The number of unbranched alkanes of at least 4 members (excludes halogenated alkanes) is 1. The second kappa shape index (κ2) is 7.49. The van der Waals surface area contributed by atoms with E-state index >= 15 is 0 Å². The number of carbonyl (C=O) groups is 1. The molecule has 1 aromatic carbocycles. The van der Waals surface area contributed by atoms with E-state index in [4.69, 9.17) is 4.74 Å². The summed E-state index contributed by atoms with van der Waals surface area (Å²) in [5.74, 6) is 2.05. The third kappa shape index (κ3) is 4.24. The first kappa shape index (κ1) is 15.8. The highest BCUT2D eigenvalue weighted by Gasteiger charge is 2.14. The van der Waals surface area contributed by atoms with E-state index < -0.39 is 0 Å². The molecule has 5 nitrogen and oxygen atoms in total. The van der Waals surface area contributed by atoms with Gasteiger partial charge in [0.1, 0.15) is 11.3 Å². The first-order valence-corrected chi connectivity index (χ1v) is 8.61. The van der Waals surface area contributed by atoms with Gasteiger partial charge in [-0.3, -0.25) is 10.1 Å². The molecule has 1 amide bonds. The van der Waals surface area contributed by atoms with E-state index in [1.807, 2.05) is 18.2 Å². The van der Waals surface area contributed by atoms with Crippen LogP contribution in [0.15, 0.2) is 18.2 Å². The maximum Gasteiger partial charge on any atom is 0.223 e. The second-order valence-electron chi connectivity index (χ2n) is 6.41. The van der Waals surface area contributed by atoms with Crippen molar-refractivity contribution in [1.82, 2.24) is 9.97 Å². The number of imidazole rings is 1. The summed E-state index contributed by atoms with van der Waals surface area (Å²) in [6, 6.07) is 5.80. The molecule has 1 heterocycles. The molecule has 1 aliphatic rings. The predicted octanol–water partition coefficient (Wildman–Crippen LogP) is 4.26. The van der Waals surface area contributed by atoms with E-state index in [-0.39, 0.29) is 5.91 Å². The molecule has 1 fully saturated rings. The summed E-state index contributed by atoms with van der Waals surface area (Å²) < 4.78 is 5.91. The zero-order valence-electron chi connectivity index (χ0n) is 13.7. The number of rotatable bonds is 7. The molecule has 124 valence electrons. The topological polar surface area (TPSA) is 67.0 Å². The molecule has 23 heavy (non-hydrogen) atoms. The lowest BCUT2D eigenvalue weighted by molar-refractivity contribution is -0.114. The van der Waals surface area contributed by atoms with Crippen LogP contribution in [0.5, 0.6) is 5.75 Å². The Morgan fingerprint density at radius 3 is 2.96 bits per heavy atom. The zero-order chi connectivity index (χ0) is 16.1. The highest BCUT2D eigenvalue weighted by Crippen LogP contribution is 2.29. The van der Waals surface area contributed by atoms with Gasteiger partial charge >= 0.3 is 0 Å². The molecule has 0 radical (unpaired) electrons. The molecular weight excluding hydrogens is 290 g/mol. The second-order valence-corrected chi connectivity index (χ2v) is 6.41. The lowest BCUT2D eigenvalue weighted by Gasteiger charge is -2.09. The average molecular weight is 315 g/mol. The van der Waals surface area contributed by atoms with E-state index in [9.17, 15) is 4.79 Å². The zero-order valence-corrected chi connectivity index (χ0v) is 13.7. The van der Waals surface area contributed by atoms with E-state index in [1.165, 1.54) is 45.4 Å². The van der Waals surface area contributed by atoms with Crippen LogP contribution in [0.4, 0.5) is 5.95 Å². The third-order valence-electron chi connectivity index (χ3n) is 4.51. The Balaban J connectivity index is 1.52. The summed E-state index contributed by atoms with van der Waals surface area (Å²) in [4.78, 5) is 18.6. The minimum atomic E-state index is -0.140. The molecule has 1 aromatic heterocycles. The van der Waals surface area contributed by atoms with E-state index in [0.29, 0.717) is 12.6 Å². The highest BCUT2D eigenvalue weighted by atomic mass is 16.5. The largest absolute Gasteiger partial charge is 0.491 e. The summed E-state index contributed by atoms with van der Waals surface area (Å²) in [6.45, 7) is 2.18. The van der Waals surface area contributed by atoms with Crippen LogP contribution in [-0.4, -0.2) is 22.5 Å². The Hall–Kier alpha value is -2.04. The summed E-state index contributed by atoms with van der Waals surface area (Å²) in [6.07, 6.45) is 9.31. The van der Waals surface area contributed by atoms with Gasteiger partial charge in [-0.2, -0.15) is 0 Å². The molecule has 1 aliphatic carbocycles. The molecule has 5 heteroatoms. The van der Waals surface area contributed by atoms with Gasteiger partial charge in [0.25, 0.3) is 0 Å². The minimum absolute atomic E-state index is 0.140. The molecule has 2 aromatic rings. The van der Waals surface area contributed by atoms with Gasteiger partial charge in [0.15, 0.2) is 0 Å². The van der Waals surface area contributed by atoms with Gasteiger partial charge in [-0.15, -0.1) is 0 Å². The molecule has 0 unspecified atom stereocenters. The van der Waals surface area contributed by atoms with E-state index in [2.05, 4.69) is 15.3 Å². The van der Waals surface area contributed by atoms with Crippen molar-refractivity contribution in [3.05, 3.63) is 18.2 Å². The monoisotopic (exact) mass is 315 g/mol. The number of aromatic nitrogens is 2. The van der Waals surface area contributed by atoms with Gasteiger partial charge in [-0.1, -0.05) is 38.2 Å². The number of para-hydroxylation sites is 1. The van der Waals surface area contributed by atoms with Crippen molar-refractivity contribution >= 4 is 22.9 Å². The average Bonchev–Trinajstić information content (AvgIpc) is 3.15. The number of H-pyrrole nitrogens is 1. The predicted molar refractivity (Wildman–Crippen MR) is 91.7 cm³/mol. The number of hydrogen-bond acceptors (Lipinski definition) is 3. The van der Waals surface area contributed by atoms with Gasteiger partial charge in [-0.05, 0) is 30.9 Å². The molecule has 0 aliphatic heterocycles. The lowest BCUT2D eigenvalue weighted by atomic mass is 10.0. The van der Waals surface area contributed by atoms with Crippen LogP contribution >= 0.6 is 0 Å².